The number of benzene rings is 1. The number of ether oxygens (including phenoxy) is 1. The van der Waals surface area contributed by atoms with Crippen molar-refractivity contribution in [3.63, 3.8) is 0 Å². The van der Waals surface area contributed by atoms with Crippen molar-refractivity contribution in [2.75, 3.05) is 32.8 Å². The lowest BCUT2D eigenvalue weighted by atomic mass is 10.1. The summed E-state index contributed by atoms with van der Waals surface area (Å²) in [5.74, 6) is 0. The number of hydrogen-bond acceptors (Lipinski definition) is 3. The van der Waals surface area contributed by atoms with Gasteiger partial charge >= 0.3 is 0 Å². The Morgan fingerprint density at radius 2 is 2.11 bits per heavy atom. The number of nitrogens with zero attached hydrogens (tertiary/aromatic N) is 3. The van der Waals surface area contributed by atoms with Crippen LogP contribution in [0.15, 0.2) is 24.4 Å². The highest BCUT2D eigenvalue weighted by molar-refractivity contribution is 5.78. The summed E-state index contributed by atoms with van der Waals surface area (Å²) in [5, 5.41) is 5.67. The topological polar surface area (TPSA) is 30.3 Å². The molecule has 18 heavy (non-hydrogen) atoms. The van der Waals surface area contributed by atoms with Gasteiger partial charge in [0.05, 0.1) is 18.7 Å². The van der Waals surface area contributed by atoms with Crippen LogP contribution in [-0.2, 0) is 18.2 Å². The van der Waals surface area contributed by atoms with Gasteiger partial charge in [0.25, 0.3) is 0 Å². The zero-order valence-electron chi connectivity index (χ0n) is 10.8. The zero-order valence-corrected chi connectivity index (χ0v) is 10.8. The number of hydrogen-bond donors (Lipinski definition) is 0. The molecule has 1 aliphatic heterocycles. The van der Waals surface area contributed by atoms with E-state index in [4.69, 9.17) is 4.74 Å². The van der Waals surface area contributed by atoms with Crippen molar-refractivity contribution in [1.29, 1.82) is 0 Å². The number of aryl methyl sites for hydroxylation is 1. The lowest BCUT2D eigenvalue weighted by Gasteiger charge is -2.26. The first-order chi connectivity index (χ1) is 8.81. The Hall–Kier alpha value is -1.39. The summed E-state index contributed by atoms with van der Waals surface area (Å²) in [6, 6.07) is 6.58. The Morgan fingerprint density at radius 3 is 2.94 bits per heavy atom. The molecule has 0 radical (unpaired) electrons. The van der Waals surface area contributed by atoms with Crippen molar-refractivity contribution in [1.82, 2.24) is 14.7 Å². The first-order valence-electron chi connectivity index (χ1n) is 6.54. The minimum atomic E-state index is 0.874. The van der Waals surface area contributed by atoms with Crippen LogP contribution < -0.4 is 0 Å². The normalized spacial score (nSPS) is 17.4. The third kappa shape index (κ3) is 2.54. The van der Waals surface area contributed by atoms with Crippen molar-refractivity contribution < 1.29 is 4.74 Å². The molecule has 1 aliphatic rings. The zero-order chi connectivity index (χ0) is 12.4. The van der Waals surface area contributed by atoms with Crippen molar-refractivity contribution in [2.45, 2.75) is 6.42 Å². The van der Waals surface area contributed by atoms with E-state index < -0.39 is 0 Å². The fourth-order valence-corrected chi connectivity index (χ4v) is 2.45. The van der Waals surface area contributed by atoms with Crippen LogP contribution in [0.5, 0.6) is 0 Å². The second-order valence-corrected chi connectivity index (χ2v) is 4.90. The van der Waals surface area contributed by atoms with Gasteiger partial charge in [-0.1, -0.05) is 12.1 Å². The maximum Gasteiger partial charge on any atom is 0.0925 e. The van der Waals surface area contributed by atoms with Crippen LogP contribution in [0.2, 0.25) is 0 Å². The van der Waals surface area contributed by atoms with Crippen LogP contribution in [0.4, 0.5) is 0 Å². The smallest absolute Gasteiger partial charge is 0.0925 e. The Bertz CT molecular complexity index is 529. The van der Waals surface area contributed by atoms with E-state index in [-0.39, 0.29) is 0 Å². The molecule has 0 unspecified atom stereocenters. The van der Waals surface area contributed by atoms with Gasteiger partial charge in [0.15, 0.2) is 0 Å². The molecule has 2 aromatic rings. The van der Waals surface area contributed by atoms with Crippen LogP contribution in [0.3, 0.4) is 0 Å². The quantitative estimate of drug-likeness (QED) is 0.820. The average molecular weight is 245 g/mol. The van der Waals surface area contributed by atoms with Crippen LogP contribution in [0.25, 0.3) is 10.9 Å². The highest BCUT2D eigenvalue weighted by atomic mass is 16.5. The third-order valence-electron chi connectivity index (χ3n) is 3.51. The Morgan fingerprint density at radius 1 is 1.28 bits per heavy atom. The third-order valence-corrected chi connectivity index (χ3v) is 3.51. The highest BCUT2D eigenvalue weighted by Gasteiger charge is 2.10. The molecule has 0 amide bonds. The molecule has 0 saturated carbocycles. The Labute approximate surface area is 107 Å². The van der Waals surface area contributed by atoms with Gasteiger partial charge in [0.2, 0.25) is 0 Å². The Kier molecular flexibility index (Phi) is 3.30. The first-order valence-corrected chi connectivity index (χ1v) is 6.54. The standard InChI is InChI=1S/C14H19N3O/c1-16-11-13-3-2-12(10-14(13)15-16)4-5-17-6-8-18-9-7-17/h2-3,10-11H,4-9H2,1H3. The molecule has 1 saturated heterocycles. The van der Waals surface area contributed by atoms with Gasteiger partial charge in [0.1, 0.15) is 0 Å². The fourth-order valence-electron chi connectivity index (χ4n) is 2.45. The van der Waals surface area contributed by atoms with Crippen LogP contribution in [0.1, 0.15) is 5.56 Å². The number of fused-ring (bicyclic) bond motifs is 1. The van der Waals surface area contributed by atoms with Crippen LogP contribution in [-0.4, -0.2) is 47.5 Å². The summed E-state index contributed by atoms with van der Waals surface area (Å²) in [6.07, 6.45) is 3.15. The maximum absolute atomic E-state index is 5.36. The summed E-state index contributed by atoms with van der Waals surface area (Å²) < 4.78 is 7.23. The number of aromatic nitrogens is 2. The van der Waals surface area contributed by atoms with Gasteiger partial charge in [-0.25, -0.2) is 0 Å². The molecule has 1 fully saturated rings. The van der Waals surface area contributed by atoms with Gasteiger partial charge in [-0.05, 0) is 18.1 Å². The SMILES string of the molecule is Cn1cc2ccc(CCN3CCOCC3)cc2n1. The molecular formula is C14H19N3O. The average Bonchev–Trinajstić information content (AvgIpc) is 2.77. The Balaban J connectivity index is 1.66. The van der Waals surface area contributed by atoms with Gasteiger partial charge in [-0.3, -0.25) is 9.58 Å². The molecule has 3 rings (SSSR count). The van der Waals surface area contributed by atoms with Gasteiger partial charge in [0, 0.05) is 38.3 Å². The van der Waals surface area contributed by atoms with E-state index in [1.54, 1.807) is 0 Å². The predicted octanol–water partition coefficient (Wildman–Crippen LogP) is 1.45. The molecule has 0 atom stereocenters. The molecular weight excluding hydrogens is 226 g/mol. The number of morpholine rings is 1. The van der Waals surface area contributed by atoms with Gasteiger partial charge < -0.3 is 4.74 Å². The largest absolute Gasteiger partial charge is 0.379 e. The second kappa shape index (κ2) is 5.08. The summed E-state index contributed by atoms with van der Waals surface area (Å²) in [5.41, 5.74) is 2.46. The molecule has 4 heteroatoms. The van der Waals surface area contributed by atoms with Crippen molar-refractivity contribution >= 4 is 10.9 Å². The summed E-state index contributed by atoms with van der Waals surface area (Å²) >= 11 is 0. The monoisotopic (exact) mass is 245 g/mol. The second-order valence-electron chi connectivity index (χ2n) is 4.90. The van der Waals surface area contributed by atoms with E-state index in [1.807, 2.05) is 11.7 Å². The van der Waals surface area contributed by atoms with E-state index in [2.05, 4.69) is 34.4 Å². The minimum absolute atomic E-state index is 0.874. The molecule has 0 bridgehead atoms. The summed E-state index contributed by atoms with van der Waals surface area (Å²) in [6.45, 7) is 4.98. The van der Waals surface area contributed by atoms with Gasteiger partial charge in [-0.2, -0.15) is 5.10 Å². The molecule has 1 aromatic carbocycles. The minimum Gasteiger partial charge on any atom is -0.379 e. The molecule has 0 N–H and O–H groups in total. The maximum atomic E-state index is 5.36. The summed E-state index contributed by atoms with van der Waals surface area (Å²) in [4.78, 5) is 2.46. The molecule has 4 nitrogen and oxygen atoms in total. The summed E-state index contributed by atoms with van der Waals surface area (Å²) in [7, 11) is 1.97. The predicted molar refractivity (Wildman–Crippen MR) is 71.7 cm³/mol. The molecule has 1 aromatic heterocycles. The fraction of sp³-hybridized carbons (Fsp3) is 0.500. The lowest BCUT2D eigenvalue weighted by Crippen LogP contribution is -2.37. The van der Waals surface area contributed by atoms with Crippen molar-refractivity contribution in [3.8, 4) is 0 Å². The molecule has 0 aliphatic carbocycles. The lowest BCUT2D eigenvalue weighted by molar-refractivity contribution is 0.0384. The highest BCUT2D eigenvalue weighted by Crippen LogP contribution is 2.14. The van der Waals surface area contributed by atoms with Gasteiger partial charge in [-0.15, -0.1) is 0 Å². The number of rotatable bonds is 3. The van der Waals surface area contributed by atoms with E-state index in [9.17, 15) is 0 Å². The van der Waals surface area contributed by atoms with E-state index in [0.29, 0.717) is 0 Å². The molecule has 0 spiro atoms. The molecule has 96 valence electrons. The van der Waals surface area contributed by atoms with Crippen LogP contribution >= 0.6 is 0 Å². The van der Waals surface area contributed by atoms with Crippen molar-refractivity contribution in [2.24, 2.45) is 7.05 Å². The molecule has 2 heterocycles. The van der Waals surface area contributed by atoms with E-state index in [0.717, 1.165) is 44.8 Å². The van der Waals surface area contributed by atoms with E-state index >= 15 is 0 Å². The van der Waals surface area contributed by atoms with E-state index in [1.165, 1.54) is 10.9 Å². The first kappa shape index (κ1) is 11.7. The van der Waals surface area contributed by atoms with Crippen molar-refractivity contribution in [3.05, 3.63) is 30.0 Å². The van der Waals surface area contributed by atoms with Crippen LogP contribution in [0, 0.1) is 0 Å².